The van der Waals surface area contributed by atoms with Gasteiger partial charge in [0.25, 0.3) is 0 Å². The SMILES string of the molecule is C[C@@H](Nc1ccc(Cl)nc1-c1ccns1)c1cc(F)cc2cc3c(cc12)N1CCOCC1CO3. The van der Waals surface area contributed by atoms with Crippen molar-refractivity contribution in [3.05, 3.63) is 65.2 Å². The van der Waals surface area contributed by atoms with Crippen LogP contribution in [0.1, 0.15) is 18.5 Å². The number of ether oxygens (including phenoxy) is 2. The van der Waals surface area contributed by atoms with Gasteiger partial charge in [0.15, 0.2) is 0 Å². The van der Waals surface area contributed by atoms with Crippen molar-refractivity contribution < 1.29 is 13.9 Å². The van der Waals surface area contributed by atoms with Gasteiger partial charge in [0.2, 0.25) is 0 Å². The zero-order chi connectivity index (χ0) is 23.2. The normalized spacial score (nSPS) is 18.2. The van der Waals surface area contributed by atoms with Gasteiger partial charge in [0, 0.05) is 18.8 Å². The van der Waals surface area contributed by atoms with Crippen molar-refractivity contribution in [2.45, 2.75) is 19.0 Å². The minimum Gasteiger partial charge on any atom is -0.489 e. The number of fused-ring (bicyclic) bond motifs is 4. The minimum absolute atomic E-state index is 0.195. The van der Waals surface area contributed by atoms with Crippen molar-refractivity contribution >= 4 is 45.3 Å². The summed E-state index contributed by atoms with van der Waals surface area (Å²) in [5.74, 6) is 0.505. The highest BCUT2D eigenvalue weighted by Gasteiger charge is 2.31. The monoisotopic (exact) mass is 496 g/mol. The van der Waals surface area contributed by atoms with Crippen molar-refractivity contribution in [1.82, 2.24) is 9.36 Å². The Kier molecular flexibility index (Phi) is 5.51. The molecule has 1 N–H and O–H groups in total. The standard InChI is InChI=1S/C25H22ClFN4O2S/c1-14(29-20-2-3-24(26)30-25(20)23-4-5-28-34-23)18-10-16(27)8-15-9-22-21(11-19(15)18)31-6-7-32-12-17(31)13-33-22/h2-5,8-11,14,17,29H,6-7,12-13H2,1H3/t14-,17?/m1/s1. The van der Waals surface area contributed by atoms with E-state index >= 15 is 0 Å². The molecule has 0 saturated carbocycles. The lowest BCUT2D eigenvalue weighted by molar-refractivity contribution is 0.0706. The molecule has 6 rings (SSSR count). The molecule has 9 heteroatoms. The molecule has 34 heavy (non-hydrogen) atoms. The zero-order valence-corrected chi connectivity index (χ0v) is 20.0. The fraction of sp³-hybridized carbons (Fsp3) is 0.280. The second kappa shape index (κ2) is 8.69. The molecule has 2 aromatic carbocycles. The van der Waals surface area contributed by atoms with Crippen LogP contribution < -0.4 is 15.0 Å². The molecule has 2 atom stereocenters. The zero-order valence-electron chi connectivity index (χ0n) is 18.4. The molecule has 2 aliphatic rings. The molecule has 1 saturated heterocycles. The average Bonchev–Trinajstić information content (AvgIpc) is 3.38. The van der Waals surface area contributed by atoms with Gasteiger partial charge in [-0.05, 0) is 77.3 Å². The molecule has 1 fully saturated rings. The topological polar surface area (TPSA) is 59.5 Å². The van der Waals surface area contributed by atoms with Gasteiger partial charge in [-0.2, -0.15) is 0 Å². The summed E-state index contributed by atoms with van der Waals surface area (Å²) < 4.78 is 30.6. The maximum Gasteiger partial charge on any atom is 0.143 e. The maximum absolute atomic E-state index is 14.7. The quantitative estimate of drug-likeness (QED) is 0.354. The summed E-state index contributed by atoms with van der Waals surface area (Å²) in [6.07, 6.45) is 1.74. The lowest BCUT2D eigenvalue weighted by atomic mass is 9.97. The number of halogens is 2. The third-order valence-corrected chi connectivity index (χ3v) is 7.33. The van der Waals surface area contributed by atoms with E-state index in [2.05, 4.69) is 25.6 Å². The van der Waals surface area contributed by atoms with E-state index in [4.69, 9.17) is 21.1 Å². The van der Waals surface area contributed by atoms with Gasteiger partial charge in [0.1, 0.15) is 29.0 Å². The van der Waals surface area contributed by atoms with E-state index in [9.17, 15) is 4.39 Å². The van der Waals surface area contributed by atoms with Crippen LogP contribution >= 0.6 is 23.1 Å². The van der Waals surface area contributed by atoms with E-state index in [1.165, 1.54) is 11.5 Å². The largest absolute Gasteiger partial charge is 0.489 e. The number of hydrogen-bond donors (Lipinski definition) is 1. The van der Waals surface area contributed by atoms with Gasteiger partial charge in [-0.1, -0.05) is 11.6 Å². The summed E-state index contributed by atoms with van der Waals surface area (Å²) in [4.78, 5) is 7.76. The number of nitrogens with one attached hydrogen (secondary N) is 1. The van der Waals surface area contributed by atoms with E-state index in [1.807, 2.05) is 25.1 Å². The molecule has 4 aromatic rings. The Morgan fingerprint density at radius 2 is 2.12 bits per heavy atom. The first-order valence-corrected chi connectivity index (χ1v) is 12.3. The number of benzene rings is 2. The predicted molar refractivity (Wildman–Crippen MR) is 134 cm³/mol. The molecule has 0 bridgehead atoms. The van der Waals surface area contributed by atoms with Crippen molar-refractivity contribution in [1.29, 1.82) is 0 Å². The highest BCUT2D eigenvalue weighted by molar-refractivity contribution is 7.09. The van der Waals surface area contributed by atoms with Crippen LogP contribution in [0, 0.1) is 5.82 Å². The summed E-state index contributed by atoms with van der Waals surface area (Å²) in [6, 6.07) is 12.8. The summed E-state index contributed by atoms with van der Waals surface area (Å²) >= 11 is 7.53. The number of nitrogens with zero attached hydrogens (tertiary/aromatic N) is 3. The van der Waals surface area contributed by atoms with Crippen molar-refractivity contribution in [3.63, 3.8) is 0 Å². The molecule has 6 nitrogen and oxygen atoms in total. The third-order valence-electron chi connectivity index (χ3n) is 6.37. The molecule has 4 heterocycles. The fourth-order valence-corrected chi connectivity index (χ4v) is 5.50. The van der Waals surface area contributed by atoms with Crippen molar-refractivity contribution in [3.8, 4) is 16.3 Å². The Morgan fingerprint density at radius 1 is 1.21 bits per heavy atom. The average molecular weight is 497 g/mol. The van der Waals surface area contributed by atoms with Crippen LogP contribution in [0.3, 0.4) is 0 Å². The molecular weight excluding hydrogens is 475 g/mol. The van der Waals surface area contributed by atoms with E-state index < -0.39 is 0 Å². The molecule has 0 amide bonds. The lowest BCUT2D eigenvalue weighted by Gasteiger charge is -2.41. The van der Waals surface area contributed by atoms with Crippen LogP contribution in [0.4, 0.5) is 15.8 Å². The van der Waals surface area contributed by atoms with Crippen LogP contribution in [0.25, 0.3) is 21.3 Å². The Balaban J connectivity index is 1.42. The summed E-state index contributed by atoms with van der Waals surface area (Å²) in [5, 5.41) is 5.73. The summed E-state index contributed by atoms with van der Waals surface area (Å²) in [5.41, 5.74) is 3.43. The molecule has 1 unspecified atom stereocenters. The number of hydrogen-bond acceptors (Lipinski definition) is 7. The van der Waals surface area contributed by atoms with Gasteiger partial charge in [-0.25, -0.2) is 13.7 Å². The van der Waals surface area contributed by atoms with E-state index in [1.54, 1.807) is 24.4 Å². The number of rotatable bonds is 4. The molecule has 0 radical (unpaired) electrons. The molecule has 0 spiro atoms. The Hall–Kier alpha value is -2.94. The van der Waals surface area contributed by atoms with Crippen molar-refractivity contribution in [2.24, 2.45) is 0 Å². The van der Waals surface area contributed by atoms with Gasteiger partial charge in [-0.15, -0.1) is 0 Å². The highest BCUT2D eigenvalue weighted by atomic mass is 35.5. The van der Waals surface area contributed by atoms with Crippen LogP contribution in [0.15, 0.2) is 48.7 Å². The number of aromatic nitrogens is 2. The smallest absolute Gasteiger partial charge is 0.143 e. The first-order valence-electron chi connectivity index (χ1n) is 11.2. The van der Waals surface area contributed by atoms with E-state index in [0.29, 0.717) is 25.0 Å². The van der Waals surface area contributed by atoms with Crippen molar-refractivity contribution in [2.75, 3.05) is 36.6 Å². The van der Waals surface area contributed by atoms with E-state index in [-0.39, 0.29) is 17.9 Å². The van der Waals surface area contributed by atoms with E-state index in [0.717, 1.165) is 50.6 Å². The first kappa shape index (κ1) is 21.6. The highest BCUT2D eigenvalue weighted by Crippen LogP contribution is 2.41. The first-order chi connectivity index (χ1) is 16.6. The molecule has 2 aromatic heterocycles. The summed E-state index contributed by atoms with van der Waals surface area (Å²) in [7, 11) is 0. The Morgan fingerprint density at radius 3 is 2.97 bits per heavy atom. The second-order valence-electron chi connectivity index (χ2n) is 8.54. The second-order valence-corrected chi connectivity index (χ2v) is 9.76. The fourth-order valence-electron chi connectivity index (χ4n) is 4.75. The van der Waals surface area contributed by atoms with Gasteiger partial charge < -0.3 is 19.7 Å². The van der Waals surface area contributed by atoms with Crippen LogP contribution in [-0.2, 0) is 4.74 Å². The molecule has 0 aliphatic carbocycles. The van der Waals surface area contributed by atoms with Gasteiger partial charge in [0.05, 0.1) is 35.5 Å². The maximum atomic E-state index is 14.7. The van der Waals surface area contributed by atoms with Gasteiger partial charge >= 0.3 is 0 Å². The van der Waals surface area contributed by atoms with Crippen LogP contribution in [0.2, 0.25) is 5.15 Å². The van der Waals surface area contributed by atoms with Crippen LogP contribution in [-0.4, -0.2) is 41.8 Å². The Bertz CT molecular complexity index is 1370. The number of anilines is 2. The molecular formula is C25H22ClFN4O2S. The molecule has 174 valence electrons. The van der Waals surface area contributed by atoms with Gasteiger partial charge in [-0.3, -0.25) is 0 Å². The Labute approximate surface area is 205 Å². The van der Waals surface area contributed by atoms with Crippen LogP contribution in [0.5, 0.6) is 5.75 Å². The summed E-state index contributed by atoms with van der Waals surface area (Å²) in [6.45, 7) is 4.74. The minimum atomic E-state index is -0.284. The number of morpholine rings is 1. The lowest BCUT2D eigenvalue weighted by Crippen LogP contribution is -2.51. The predicted octanol–water partition coefficient (Wildman–Crippen LogP) is 5.92. The third kappa shape index (κ3) is 3.85. The number of pyridine rings is 1. The molecule has 2 aliphatic heterocycles.